The molecule has 0 radical (unpaired) electrons. The highest BCUT2D eigenvalue weighted by Crippen LogP contribution is 2.24. The zero-order chi connectivity index (χ0) is 7.40. The van der Waals surface area contributed by atoms with Crippen LogP contribution in [0, 0.1) is 0 Å². The van der Waals surface area contributed by atoms with E-state index in [4.69, 9.17) is 9.84 Å². The molecule has 10 heavy (non-hydrogen) atoms. The molecule has 0 unspecified atom stereocenters. The fraction of sp³-hybridized carbons (Fsp3) is 0.750. The molecule has 2 atom stereocenters. The van der Waals surface area contributed by atoms with Crippen LogP contribution in [0.25, 0.3) is 0 Å². The van der Waals surface area contributed by atoms with Gasteiger partial charge in [-0.25, -0.2) is 0 Å². The van der Waals surface area contributed by atoms with E-state index >= 15 is 0 Å². The average Bonchev–Trinajstić information content (AvgIpc) is 2.68. The van der Waals surface area contributed by atoms with Crippen LogP contribution in [-0.4, -0.2) is 23.9 Å². The van der Waals surface area contributed by atoms with E-state index in [1.807, 2.05) is 0 Å². The number of hydrogen-bond acceptors (Lipinski definition) is 2. The van der Waals surface area contributed by atoms with Crippen molar-refractivity contribution in [3.63, 3.8) is 0 Å². The summed E-state index contributed by atoms with van der Waals surface area (Å²) in [7, 11) is 0. The molecule has 2 heteroatoms. The van der Waals surface area contributed by atoms with Crippen molar-refractivity contribution in [2.75, 3.05) is 6.61 Å². The second-order valence-electron chi connectivity index (χ2n) is 2.51. The Bertz CT molecular complexity index is 120. The Morgan fingerprint density at radius 2 is 2.20 bits per heavy atom. The molecule has 0 aliphatic carbocycles. The van der Waals surface area contributed by atoms with Crippen LogP contribution < -0.4 is 0 Å². The first-order chi connectivity index (χ1) is 4.88. The topological polar surface area (TPSA) is 32.8 Å². The fourth-order valence-electron chi connectivity index (χ4n) is 0.944. The van der Waals surface area contributed by atoms with Crippen molar-refractivity contribution in [2.45, 2.75) is 32.0 Å². The molecule has 0 amide bonds. The molecule has 1 saturated heterocycles. The highest BCUT2D eigenvalue weighted by Gasteiger charge is 2.36. The Balaban J connectivity index is 2.01. The van der Waals surface area contributed by atoms with Crippen LogP contribution >= 0.6 is 0 Å². The van der Waals surface area contributed by atoms with Gasteiger partial charge in [-0.15, -0.1) is 0 Å². The maximum atomic E-state index is 8.58. The second-order valence-corrected chi connectivity index (χ2v) is 2.51. The van der Waals surface area contributed by atoms with Crippen LogP contribution in [0.5, 0.6) is 0 Å². The quantitative estimate of drug-likeness (QED) is 0.471. The zero-order valence-corrected chi connectivity index (χ0v) is 6.29. The Morgan fingerprint density at radius 3 is 2.70 bits per heavy atom. The van der Waals surface area contributed by atoms with Gasteiger partial charge in [-0.3, -0.25) is 0 Å². The number of rotatable bonds is 4. The van der Waals surface area contributed by atoms with Gasteiger partial charge in [0.1, 0.15) is 6.10 Å². The molecule has 1 rings (SSSR count). The number of ether oxygens (including phenoxy) is 1. The molecule has 0 aromatic carbocycles. The molecule has 1 N–H and O–H groups in total. The SMILES string of the molecule is CC/C=C\C[C@@H]1O[C@H]1CO. The molecule has 1 heterocycles. The molecule has 0 aromatic rings. The molecule has 0 saturated carbocycles. The standard InChI is InChI=1S/C8H14O2/c1-2-3-4-5-7-8(6-9)10-7/h3-4,7-9H,2,5-6H2,1H3/b4-3-/t7-,8-/m0/s1. The first kappa shape index (κ1) is 7.76. The number of aliphatic hydroxyl groups is 1. The smallest absolute Gasteiger partial charge is 0.107 e. The lowest BCUT2D eigenvalue weighted by molar-refractivity contribution is 0.242. The summed E-state index contributed by atoms with van der Waals surface area (Å²) in [6.07, 6.45) is 6.70. The van der Waals surface area contributed by atoms with E-state index in [9.17, 15) is 0 Å². The minimum atomic E-state index is 0.126. The van der Waals surface area contributed by atoms with Crippen molar-refractivity contribution in [3.05, 3.63) is 12.2 Å². The van der Waals surface area contributed by atoms with Crippen molar-refractivity contribution < 1.29 is 9.84 Å². The minimum absolute atomic E-state index is 0.126. The Labute approximate surface area is 61.5 Å². The van der Waals surface area contributed by atoms with Gasteiger partial charge < -0.3 is 9.84 Å². The van der Waals surface area contributed by atoms with Crippen molar-refractivity contribution in [3.8, 4) is 0 Å². The maximum absolute atomic E-state index is 8.58. The van der Waals surface area contributed by atoms with Gasteiger partial charge in [-0.1, -0.05) is 19.1 Å². The summed E-state index contributed by atoms with van der Waals surface area (Å²) >= 11 is 0. The van der Waals surface area contributed by atoms with Crippen molar-refractivity contribution in [1.82, 2.24) is 0 Å². The van der Waals surface area contributed by atoms with Crippen molar-refractivity contribution in [1.29, 1.82) is 0 Å². The molecular formula is C8H14O2. The maximum Gasteiger partial charge on any atom is 0.107 e. The van der Waals surface area contributed by atoms with Crippen molar-refractivity contribution in [2.24, 2.45) is 0 Å². The van der Waals surface area contributed by atoms with Crippen LogP contribution in [0.2, 0.25) is 0 Å². The summed E-state index contributed by atoms with van der Waals surface area (Å²) in [4.78, 5) is 0. The third kappa shape index (κ3) is 2.12. The molecule has 2 nitrogen and oxygen atoms in total. The molecule has 1 aliphatic heterocycles. The van der Waals surface area contributed by atoms with E-state index in [2.05, 4.69) is 19.1 Å². The Hall–Kier alpha value is -0.340. The second kappa shape index (κ2) is 3.74. The normalized spacial score (nSPS) is 31.4. The van der Waals surface area contributed by atoms with E-state index in [1.165, 1.54) is 0 Å². The minimum Gasteiger partial charge on any atom is -0.394 e. The van der Waals surface area contributed by atoms with Gasteiger partial charge in [-0.2, -0.15) is 0 Å². The summed E-state index contributed by atoms with van der Waals surface area (Å²) in [5.74, 6) is 0. The molecular weight excluding hydrogens is 128 g/mol. The van der Waals surface area contributed by atoms with Crippen LogP contribution in [-0.2, 0) is 4.74 Å². The monoisotopic (exact) mass is 142 g/mol. The van der Waals surface area contributed by atoms with E-state index in [1.54, 1.807) is 0 Å². The summed E-state index contributed by atoms with van der Waals surface area (Å²) in [5.41, 5.74) is 0. The van der Waals surface area contributed by atoms with Gasteiger partial charge in [0.2, 0.25) is 0 Å². The molecule has 0 bridgehead atoms. The predicted octanol–water partition coefficient (Wildman–Crippen LogP) is 1.10. The number of hydrogen-bond donors (Lipinski definition) is 1. The Morgan fingerprint density at radius 1 is 1.40 bits per heavy atom. The zero-order valence-electron chi connectivity index (χ0n) is 6.29. The lowest BCUT2D eigenvalue weighted by atomic mass is 10.2. The third-order valence-corrected chi connectivity index (χ3v) is 1.64. The molecule has 1 fully saturated rings. The largest absolute Gasteiger partial charge is 0.394 e. The summed E-state index contributed by atoms with van der Waals surface area (Å²) < 4.78 is 5.11. The highest BCUT2D eigenvalue weighted by atomic mass is 16.6. The summed E-state index contributed by atoms with van der Waals surface area (Å²) in [5, 5.41) is 8.58. The first-order valence-electron chi connectivity index (χ1n) is 3.79. The summed E-state index contributed by atoms with van der Waals surface area (Å²) in [6.45, 7) is 2.28. The molecule has 58 valence electrons. The van der Waals surface area contributed by atoms with E-state index in [0.29, 0.717) is 6.10 Å². The van der Waals surface area contributed by atoms with E-state index in [-0.39, 0.29) is 12.7 Å². The third-order valence-electron chi connectivity index (χ3n) is 1.64. The van der Waals surface area contributed by atoms with Gasteiger partial charge in [0.25, 0.3) is 0 Å². The van der Waals surface area contributed by atoms with Gasteiger partial charge in [0, 0.05) is 0 Å². The molecule has 1 aliphatic rings. The van der Waals surface area contributed by atoms with Crippen LogP contribution in [0.3, 0.4) is 0 Å². The molecule has 0 aromatic heterocycles. The van der Waals surface area contributed by atoms with Crippen molar-refractivity contribution >= 4 is 0 Å². The fourth-order valence-corrected chi connectivity index (χ4v) is 0.944. The number of epoxide rings is 1. The first-order valence-corrected chi connectivity index (χ1v) is 3.79. The Kier molecular flexibility index (Phi) is 2.90. The predicted molar refractivity (Wildman–Crippen MR) is 39.8 cm³/mol. The number of allylic oxidation sites excluding steroid dienone is 1. The van der Waals surface area contributed by atoms with Gasteiger partial charge >= 0.3 is 0 Å². The lowest BCUT2D eigenvalue weighted by Crippen LogP contribution is -1.97. The average molecular weight is 142 g/mol. The van der Waals surface area contributed by atoms with Crippen LogP contribution in [0.1, 0.15) is 19.8 Å². The highest BCUT2D eigenvalue weighted by molar-refractivity contribution is 4.92. The van der Waals surface area contributed by atoms with E-state index in [0.717, 1.165) is 12.8 Å². The lowest BCUT2D eigenvalue weighted by Gasteiger charge is -1.83. The number of aliphatic hydroxyl groups excluding tert-OH is 1. The van der Waals surface area contributed by atoms with Gasteiger partial charge in [0.05, 0.1) is 12.7 Å². The van der Waals surface area contributed by atoms with Crippen LogP contribution in [0.4, 0.5) is 0 Å². The molecule has 0 spiro atoms. The van der Waals surface area contributed by atoms with Crippen LogP contribution in [0.15, 0.2) is 12.2 Å². The van der Waals surface area contributed by atoms with Gasteiger partial charge in [-0.05, 0) is 12.8 Å². The van der Waals surface area contributed by atoms with E-state index < -0.39 is 0 Å². The summed E-state index contributed by atoms with van der Waals surface area (Å²) in [6, 6.07) is 0. The van der Waals surface area contributed by atoms with Gasteiger partial charge in [0.15, 0.2) is 0 Å².